The second-order valence-corrected chi connectivity index (χ2v) is 5.30. The van der Waals surface area contributed by atoms with Gasteiger partial charge in [0, 0.05) is 18.3 Å². The van der Waals surface area contributed by atoms with Gasteiger partial charge < -0.3 is 14.4 Å². The predicted molar refractivity (Wildman–Crippen MR) is 75.1 cm³/mol. The zero-order valence-electron chi connectivity index (χ0n) is 11.7. The molecule has 2 aromatic heterocycles. The second-order valence-electron chi connectivity index (χ2n) is 5.30. The predicted octanol–water partition coefficient (Wildman–Crippen LogP) is 2.22. The Balaban J connectivity index is 1.93. The fraction of sp³-hybridized carbons (Fsp3) is 0.400. The zero-order valence-corrected chi connectivity index (χ0v) is 11.7. The van der Waals surface area contributed by atoms with Crippen LogP contribution in [0.4, 0.5) is 0 Å². The first-order valence-corrected chi connectivity index (χ1v) is 6.97. The summed E-state index contributed by atoms with van der Waals surface area (Å²) in [7, 11) is 0. The minimum atomic E-state index is -0.965. The number of furan rings is 1. The second kappa shape index (κ2) is 5.20. The van der Waals surface area contributed by atoms with Crippen molar-refractivity contribution in [1.82, 2.24) is 9.88 Å². The number of pyridine rings is 1. The number of aliphatic carboxylic acids is 1. The van der Waals surface area contributed by atoms with Gasteiger partial charge in [0.05, 0.1) is 0 Å². The van der Waals surface area contributed by atoms with E-state index in [0.29, 0.717) is 24.1 Å². The van der Waals surface area contributed by atoms with Gasteiger partial charge in [-0.1, -0.05) is 0 Å². The van der Waals surface area contributed by atoms with Crippen LogP contribution in [0.3, 0.4) is 0 Å². The number of aryl methyl sites for hydroxylation is 1. The van der Waals surface area contributed by atoms with Crippen LogP contribution in [-0.2, 0) is 4.79 Å². The van der Waals surface area contributed by atoms with Gasteiger partial charge in [0.2, 0.25) is 0 Å². The molecule has 0 spiro atoms. The minimum absolute atomic E-state index is 0.149. The number of carbonyl (C=O) groups excluding carboxylic acids is 1. The molecule has 21 heavy (non-hydrogen) atoms. The fourth-order valence-electron chi connectivity index (χ4n) is 2.70. The van der Waals surface area contributed by atoms with E-state index in [1.54, 1.807) is 18.2 Å². The van der Waals surface area contributed by atoms with Crippen molar-refractivity contribution in [3.05, 3.63) is 29.7 Å². The number of carbonyl (C=O) groups is 2. The Morgan fingerprint density at radius 2 is 2.19 bits per heavy atom. The van der Waals surface area contributed by atoms with Crippen LogP contribution in [0.15, 0.2) is 22.6 Å². The van der Waals surface area contributed by atoms with E-state index in [4.69, 9.17) is 4.42 Å². The van der Waals surface area contributed by atoms with E-state index in [1.807, 2.05) is 6.92 Å². The van der Waals surface area contributed by atoms with Gasteiger partial charge >= 0.3 is 5.97 Å². The van der Waals surface area contributed by atoms with Gasteiger partial charge in [0.15, 0.2) is 11.3 Å². The van der Waals surface area contributed by atoms with Crippen LogP contribution in [0, 0.1) is 6.92 Å². The lowest BCUT2D eigenvalue weighted by molar-refractivity contribution is -0.143. The number of likely N-dealkylation sites (tertiary alicyclic amines) is 1. The van der Waals surface area contributed by atoms with Crippen LogP contribution in [0.5, 0.6) is 0 Å². The third-order valence-corrected chi connectivity index (χ3v) is 3.77. The summed E-state index contributed by atoms with van der Waals surface area (Å²) in [6.07, 6.45) is 2.12. The van der Waals surface area contributed by atoms with Crippen LogP contribution < -0.4 is 0 Å². The topological polar surface area (TPSA) is 83.6 Å². The zero-order chi connectivity index (χ0) is 15.0. The Bertz CT molecular complexity index is 707. The summed E-state index contributed by atoms with van der Waals surface area (Å²) in [6.45, 7) is 2.30. The largest absolute Gasteiger partial charge is 0.480 e. The third kappa shape index (κ3) is 2.49. The number of piperidine rings is 1. The Morgan fingerprint density at radius 3 is 2.95 bits per heavy atom. The Labute approximate surface area is 121 Å². The van der Waals surface area contributed by atoms with E-state index in [-0.39, 0.29) is 11.7 Å². The van der Waals surface area contributed by atoms with E-state index in [2.05, 4.69) is 4.98 Å². The first kappa shape index (κ1) is 13.6. The molecule has 0 bridgehead atoms. The molecule has 1 saturated heterocycles. The minimum Gasteiger partial charge on any atom is -0.480 e. The summed E-state index contributed by atoms with van der Waals surface area (Å²) in [5.41, 5.74) is 1.98. The number of nitrogens with zero attached hydrogens (tertiary/aromatic N) is 2. The number of carboxylic acid groups (broad SMARTS) is 1. The maximum atomic E-state index is 12.5. The Kier molecular flexibility index (Phi) is 3.37. The van der Waals surface area contributed by atoms with Gasteiger partial charge in [0.25, 0.3) is 5.91 Å². The first-order chi connectivity index (χ1) is 10.1. The highest BCUT2D eigenvalue weighted by molar-refractivity contribution is 5.97. The summed E-state index contributed by atoms with van der Waals surface area (Å²) in [6, 6.07) is 4.38. The van der Waals surface area contributed by atoms with Crippen molar-refractivity contribution in [2.24, 2.45) is 0 Å². The fourth-order valence-corrected chi connectivity index (χ4v) is 2.70. The Hall–Kier alpha value is -2.37. The smallest absolute Gasteiger partial charge is 0.326 e. The highest BCUT2D eigenvalue weighted by Gasteiger charge is 2.33. The van der Waals surface area contributed by atoms with Crippen LogP contribution >= 0.6 is 0 Å². The van der Waals surface area contributed by atoms with Crippen LogP contribution in [0.2, 0.25) is 0 Å². The van der Waals surface area contributed by atoms with E-state index in [1.165, 1.54) is 4.90 Å². The summed E-state index contributed by atoms with van der Waals surface area (Å²) in [4.78, 5) is 29.5. The average Bonchev–Trinajstić information content (AvgIpc) is 2.89. The van der Waals surface area contributed by atoms with Crippen molar-refractivity contribution in [2.75, 3.05) is 6.54 Å². The molecule has 3 rings (SSSR count). The van der Waals surface area contributed by atoms with Crippen molar-refractivity contribution < 1.29 is 19.1 Å². The number of aromatic nitrogens is 1. The van der Waals surface area contributed by atoms with E-state index < -0.39 is 12.0 Å². The lowest BCUT2D eigenvalue weighted by Crippen LogP contribution is -2.47. The first-order valence-electron chi connectivity index (χ1n) is 6.97. The maximum Gasteiger partial charge on any atom is 0.326 e. The summed E-state index contributed by atoms with van der Waals surface area (Å²) in [5, 5.41) is 9.24. The molecular weight excluding hydrogens is 272 g/mol. The molecule has 0 saturated carbocycles. The quantitative estimate of drug-likeness (QED) is 0.916. The van der Waals surface area contributed by atoms with Gasteiger partial charge in [-0.15, -0.1) is 0 Å². The van der Waals surface area contributed by atoms with Crippen molar-refractivity contribution in [3.8, 4) is 0 Å². The number of hydrogen-bond donors (Lipinski definition) is 1. The number of amides is 1. The number of carboxylic acids is 1. The molecule has 0 aliphatic carbocycles. The van der Waals surface area contributed by atoms with Crippen molar-refractivity contribution in [3.63, 3.8) is 0 Å². The van der Waals surface area contributed by atoms with Crippen molar-refractivity contribution in [1.29, 1.82) is 0 Å². The summed E-state index contributed by atoms with van der Waals surface area (Å²) in [5.74, 6) is -1.19. The van der Waals surface area contributed by atoms with Gasteiger partial charge in [-0.3, -0.25) is 4.79 Å². The molecule has 1 unspecified atom stereocenters. The third-order valence-electron chi connectivity index (χ3n) is 3.77. The molecular formula is C15H16N2O4. The SMILES string of the molecule is Cc1ccc2oc(C(=O)N3CCCCC3C(=O)O)cc2n1. The number of rotatable bonds is 2. The van der Waals surface area contributed by atoms with Crippen molar-refractivity contribution in [2.45, 2.75) is 32.2 Å². The lowest BCUT2D eigenvalue weighted by Gasteiger charge is -2.32. The van der Waals surface area contributed by atoms with Gasteiger partial charge in [0.1, 0.15) is 11.6 Å². The molecule has 6 heteroatoms. The van der Waals surface area contributed by atoms with Gasteiger partial charge in [-0.05, 0) is 38.3 Å². The molecule has 3 heterocycles. The average molecular weight is 288 g/mol. The van der Waals surface area contributed by atoms with Crippen molar-refractivity contribution >= 4 is 23.0 Å². The summed E-state index contributed by atoms with van der Waals surface area (Å²) < 4.78 is 5.52. The molecule has 1 amide bonds. The normalized spacial score (nSPS) is 18.9. The van der Waals surface area contributed by atoms with Crippen LogP contribution in [-0.4, -0.2) is 39.5 Å². The van der Waals surface area contributed by atoms with Crippen LogP contribution in [0.25, 0.3) is 11.1 Å². The summed E-state index contributed by atoms with van der Waals surface area (Å²) >= 11 is 0. The van der Waals surface area contributed by atoms with E-state index in [0.717, 1.165) is 18.5 Å². The molecule has 1 aliphatic heterocycles. The lowest BCUT2D eigenvalue weighted by atomic mass is 10.0. The van der Waals surface area contributed by atoms with E-state index >= 15 is 0 Å². The standard InChI is InChI=1S/C15H16N2O4/c1-9-5-6-12-10(16-9)8-13(21-12)14(18)17-7-3-2-4-11(17)15(19)20/h5-6,8,11H,2-4,7H2,1H3,(H,19,20). The molecule has 1 atom stereocenters. The van der Waals surface area contributed by atoms with Gasteiger partial charge in [-0.2, -0.15) is 0 Å². The van der Waals surface area contributed by atoms with E-state index in [9.17, 15) is 14.7 Å². The molecule has 1 aliphatic rings. The molecule has 6 nitrogen and oxygen atoms in total. The maximum absolute atomic E-state index is 12.5. The molecule has 1 N–H and O–H groups in total. The Morgan fingerprint density at radius 1 is 1.38 bits per heavy atom. The number of hydrogen-bond acceptors (Lipinski definition) is 4. The molecule has 2 aromatic rings. The van der Waals surface area contributed by atoms with Crippen LogP contribution in [0.1, 0.15) is 35.5 Å². The highest BCUT2D eigenvalue weighted by Crippen LogP contribution is 2.23. The molecule has 110 valence electrons. The number of fused-ring (bicyclic) bond motifs is 1. The molecule has 0 radical (unpaired) electrons. The monoisotopic (exact) mass is 288 g/mol. The molecule has 0 aromatic carbocycles. The molecule has 1 fully saturated rings. The highest BCUT2D eigenvalue weighted by atomic mass is 16.4. The van der Waals surface area contributed by atoms with Gasteiger partial charge in [-0.25, -0.2) is 9.78 Å².